The summed E-state index contributed by atoms with van der Waals surface area (Å²) in [6.45, 7) is 1.16. The summed E-state index contributed by atoms with van der Waals surface area (Å²) in [4.78, 5) is 15.1. The smallest absolute Gasteiger partial charge is 0.313 e. The Bertz CT molecular complexity index is 662. The molecule has 5 nitrogen and oxygen atoms in total. The van der Waals surface area contributed by atoms with E-state index in [1.165, 1.54) is 6.07 Å². The second-order valence-corrected chi connectivity index (χ2v) is 6.13. The van der Waals surface area contributed by atoms with E-state index in [0.29, 0.717) is 33.8 Å². The molecule has 2 rings (SSSR count). The first-order valence-corrected chi connectivity index (χ1v) is 7.99. The molecular formula is C13H14BrFN2O3S. The summed E-state index contributed by atoms with van der Waals surface area (Å²) in [6.07, 6.45) is 0.736. The number of hydrogen-bond donors (Lipinski definition) is 1. The Morgan fingerprint density at radius 3 is 3.00 bits per heavy atom. The molecule has 0 atom stereocenters. The van der Waals surface area contributed by atoms with Gasteiger partial charge in [-0.15, -0.1) is 0 Å². The average Bonchev–Trinajstić information content (AvgIpc) is 2.75. The maximum absolute atomic E-state index is 13.7. The lowest BCUT2D eigenvalue weighted by Gasteiger charge is -2.08. The molecule has 0 fully saturated rings. The number of carbonyl (C=O) groups is 1. The van der Waals surface area contributed by atoms with Crippen LogP contribution in [0.25, 0.3) is 11.0 Å². The third-order valence-electron chi connectivity index (χ3n) is 2.81. The molecule has 0 aliphatic carbocycles. The molecule has 0 spiro atoms. The number of imidazole rings is 1. The summed E-state index contributed by atoms with van der Waals surface area (Å²) in [5, 5.41) is 9.37. The largest absolute Gasteiger partial charge is 0.481 e. The highest BCUT2D eigenvalue weighted by Crippen LogP contribution is 2.28. The molecule has 0 saturated heterocycles. The molecule has 114 valence electrons. The Balaban J connectivity index is 2.39. The number of methoxy groups -OCH3 is 1. The molecule has 0 bridgehead atoms. The summed E-state index contributed by atoms with van der Waals surface area (Å²) >= 11 is 4.26. The number of carboxylic acid groups (broad SMARTS) is 1. The Kier molecular flexibility index (Phi) is 5.60. The molecule has 0 radical (unpaired) electrons. The van der Waals surface area contributed by atoms with E-state index in [1.807, 2.05) is 4.57 Å². The fraction of sp³-hybridized carbons (Fsp3) is 0.385. The van der Waals surface area contributed by atoms with Crippen molar-refractivity contribution >= 4 is 44.7 Å². The van der Waals surface area contributed by atoms with Gasteiger partial charge in [-0.1, -0.05) is 11.8 Å². The first kappa shape index (κ1) is 16.3. The van der Waals surface area contributed by atoms with Crippen LogP contribution in [0.5, 0.6) is 0 Å². The zero-order valence-corrected chi connectivity index (χ0v) is 13.7. The van der Waals surface area contributed by atoms with Gasteiger partial charge >= 0.3 is 5.97 Å². The first-order chi connectivity index (χ1) is 10.0. The number of halogens is 2. The van der Waals surface area contributed by atoms with E-state index in [2.05, 4.69) is 20.9 Å². The van der Waals surface area contributed by atoms with Crippen LogP contribution in [0, 0.1) is 5.82 Å². The maximum atomic E-state index is 13.7. The third kappa shape index (κ3) is 3.96. The molecule has 21 heavy (non-hydrogen) atoms. The third-order valence-corrected chi connectivity index (χ3v) is 4.38. The van der Waals surface area contributed by atoms with Crippen molar-refractivity contribution in [2.75, 3.05) is 19.5 Å². The van der Waals surface area contributed by atoms with Gasteiger partial charge in [0.05, 0.1) is 21.3 Å². The second kappa shape index (κ2) is 7.24. The molecular weight excluding hydrogens is 363 g/mol. The number of hydrogen-bond acceptors (Lipinski definition) is 4. The molecule has 2 aromatic rings. The number of aliphatic carboxylic acids is 1. The molecule has 1 heterocycles. The molecule has 0 aliphatic heterocycles. The number of thioether (sulfide) groups is 1. The van der Waals surface area contributed by atoms with Gasteiger partial charge in [0.15, 0.2) is 5.16 Å². The quantitative estimate of drug-likeness (QED) is 0.593. The summed E-state index contributed by atoms with van der Waals surface area (Å²) in [5.74, 6) is -1.37. The van der Waals surface area contributed by atoms with Crippen LogP contribution in [-0.2, 0) is 16.1 Å². The number of aromatic nitrogens is 2. The molecule has 8 heteroatoms. The summed E-state index contributed by atoms with van der Waals surface area (Å²) in [5.41, 5.74) is 1.29. The van der Waals surface area contributed by atoms with Crippen LogP contribution < -0.4 is 0 Å². The van der Waals surface area contributed by atoms with E-state index >= 15 is 0 Å². The van der Waals surface area contributed by atoms with Gasteiger partial charge in [0.1, 0.15) is 5.82 Å². The van der Waals surface area contributed by atoms with E-state index in [4.69, 9.17) is 9.84 Å². The van der Waals surface area contributed by atoms with Gasteiger partial charge < -0.3 is 14.4 Å². The van der Waals surface area contributed by atoms with Gasteiger partial charge in [0.25, 0.3) is 0 Å². The zero-order chi connectivity index (χ0) is 15.4. The van der Waals surface area contributed by atoms with Gasteiger partial charge in [0, 0.05) is 26.3 Å². The van der Waals surface area contributed by atoms with Crippen molar-refractivity contribution in [1.29, 1.82) is 0 Å². The molecule has 0 saturated carbocycles. The number of ether oxygens (including phenoxy) is 1. The van der Waals surface area contributed by atoms with Crippen molar-refractivity contribution in [1.82, 2.24) is 9.55 Å². The van der Waals surface area contributed by atoms with Crippen LogP contribution in [0.4, 0.5) is 4.39 Å². The standard InChI is InChI=1S/C13H14BrFN2O3S/c1-20-4-2-3-17-11-6-9(15)8(14)5-10(11)16-13(17)21-7-12(18)19/h5-6H,2-4,7H2,1H3,(H,18,19). The van der Waals surface area contributed by atoms with Gasteiger partial charge in [-0.05, 0) is 28.4 Å². The lowest BCUT2D eigenvalue weighted by Crippen LogP contribution is -2.05. The lowest BCUT2D eigenvalue weighted by atomic mass is 10.3. The van der Waals surface area contributed by atoms with Crippen LogP contribution in [-0.4, -0.2) is 40.1 Å². The number of rotatable bonds is 7. The summed E-state index contributed by atoms with van der Waals surface area (Å²) < 4.78 is 20.9. The van der Waals surface area contributed by atoms with Gasteiger partial charge in [0.2, 0.25) is 0 Å². The number of nitrogens with zero attached hydrogens (tertiary/aromatic N) is 2. The summed E-state index contributed by atoms with van der Waals surface area (Å²) in [6, 6.07) is 3.01. The van der Waals surface area contributed by atoms with Gasteiger partial charge in [-0.3, -0.25) is 4.79 Å². The van der Waals surface area contributed by atoms with Crippen molar-refractivity contribution in [3.63, 3.8) is 0 Å². The number of aryl methyl sites for hydroxylation is 1. The van der Waals surface area contributed by atoms with Crippen molar-refractivity contribution in [3.8, 4) is 0 Å². The Hall–Kier alpha value is -1.12. The van der Waals surface area contributed by atoms with E-state index < -0.39 is 5.97 Å². The first-order valence-electron chi connectivity index (χ1n) is 6.21. The van der Waals surface area contributed by atoms with Crippen LogP contribution in [0.1, 0.15) is 6.42 Å². The van der Waals surface area contributed by atoms with E-state index in [9.17, 15) is 9.18 Å². The molecule has 0 aliphatic rings. The molecule has 1 N–H and O–H groups in total. The van der Waals surface area contributed by atoms with Gasteiger partial charge in [-0.2, -0.15) is 0 Å². The molecule has 1 aromatic carbocycles. The fourth-order valence-electron chi connectivity index (χ4n) is 1.92. The fourth-order valence-corrected chi connectivity index (χ4v) is 3.01. The molecule has 1 aromatic heterocycles. The minimum absolute atomic E-state index is 0.0861. The van der Waals surface area contributed by atoms with Gasteiger partial charge in [-0.25, -0.2) is 9.37 Å². The average molecular weight is 377 g/mol. The highest BCUT2D eigenvalue weighted by Gasteiger charge is 2.15. The molecule has 0 amide bonds. The van der Waals surface area contributed by atoms with E-state index in [-0.39, 0.29) is 11.6 Å². The van der Waals surface area contributed by atoms with Crippen molar-refractivity contribution < 1.29 is 19.0 Å². The normalized spacial score (nSPS) is 11.2. The van der Waals surface area contributed by atoms with Crippen LogP contribution in [0.15, 0.2) is 21.8 Å². The van der Waals surface area contributed by atoms with Crippen molar-refractivity contribution in [2.45, 2.75) is 18.1 Å². The topological polar surface area (TPSA) is 64.3 Å². The Morgan fingerprint density at radius 2 is 2.33 bits per heavy atom. The van der Waals surface area contributed by atoms with Crippen LogP contribution in [0.2, 0.25) is 0 Å². The predicted molar refractivity (Wildman–Crippen MR) is 82.2 cm³/mol. The maximum Gasteiger partial charge on any atom is 0.313 e. The highest BCUT2D eigenvalue weighted by molar-refractivity contribution is 9.10. The molecule has 0 unspecified atom stereocenters. The number of fused-ring (bicyclic) bond motifs is 1. The van der Waals surface area contributed by atoms with E-state index in [1.54, 1.807) is 13.2 Å². The van der Waals surface area contributed by atoms with Crippen molar-refractivity contribution in [2.24, 2.45) is 0 Å². The highest BCUT2D eigenvalue weighted by atomic mass is 79.9. The summed E-state index contributed by atoms with van der Waals surface area (Å²) in [7, 11) is 1.61. The van der Waals surface area contributed by atoms with E-state index in [0.717, 1.165) is 18.2 Å². The monoisotopic (exact) mass is 376 g/mol. The van der Waals surface area contributed by atoms with Crippen LogP contribution >= 0.6 is 27.7 Å². The minimum Gasteiger partial charge on any atom is -0.481 e. The number of benzene rings is 1. The predicted octanol–water partition coefficient (Wildman–Crippen LogP) is 3.15. The number of carboxylic acids is 1. The van der Waals surface area contributed by atoms with Crippen molar-refractivity contribution in [3.05, 3.63) is 22.4 Å². The Morgan fingerprint density at radius 1 is 1.57 bits per heavy atom. The SMILES string of the molecule is COCCCn1c(SCC(=O)O)nc2cc(Br)c(F)cc21. The van der Waals surface area contributed by atoms with Crippen LogP contribution in [0.3, 0.4) is 0 Å². The zero-order valence-electron chi connectivity index (χ0n) is 11.3. The second-order valence-electron chi connectivity index (χ2n) is 4.33. The Labute approximate surface area is 133 Å². The minimum atomic E-state index is -0.914. The lowest BCUT2D eigenvalue weighted by molar-refractivity contribution is -0.133.